The van der Waals surface area contributed by atoms with Crippen LogP contribution < -0.4 is 4.72 Å². The van der Waals surface area contributed by atoms with E-state index >= 15 is 0 Å². The molecule has 0 aliphatic heterocycles. The zero-order chi connectivity index (χ0) is 12.7. The zero-order valence-electron chi connectivity index (χ0n) is 10.3. The van der Waals surface area contributed by atoms with Crippen molar-refractivity contribution in [3.8, 4) is 0 Å². The maximum absolute atomic E-state index is 11.5. The van der Waals surface area contributed by atoms with Gasteiger partial charge in [0.25, 0.3) is 0 Å². The van der Waals surface area contributed by atoms with Crippen molar-refractivity contribution in [2.24, 2.45) is 5.41 Å². The van der Waals surface area contributed by atoms with E-state index in [-0.39, 0.29) is 17.8 Å². The van der Waals surface area contributed by atoms with Crippen molar-refractivity contribution >= 4 is 26.0 Å². The van der Waals surface area contributed by atoms with Crippen LogP contribution in [0.15, 0.2) is 0 Å². The van der Waals surface area contributed by atoms with Crippen LogP contribution in [0.4, 0.5) is 0 Å². The molecule has 0 rings (SSSR count). The monoisotopic (exact) mass is 315 g/mol. The zero-order valence-corrected chi connectivity index (χ0v) is 12.7. The molecule has 0 unspecified atom stereocenters. The lowest BCUT2D eigenvalue weighted by molar-refractivity contribution is 0.216. The Morgan fingerprint density at radius 2 is 2.00 bits per heavy atom. The second-order valence-corrected chi connectivity index (χ2v) is 7.31. The fourth-order valence-corrected chi connectivity index (χ4v) is 2.63. The maximum atomic E-state index is 11.5. The molecule has 0 heterocycles. The summed E-state index contributed by atoms with van der Waals surface area (Å²) in [6, 6.07) is 0. The van der Waals surface area contributed by atoms with E-state index in [0.29, 0.717) is 6.54 Å². The van der Waals surface area contributed by atoms with Gasteiger partial charge in [0.15, 0.2) is 0 Å². The molecule has 0 aromatic carbocycles. The van der Waals surface area contributed by atoms with Crippen molar-refractivity contribution in [3.05, 3.63) is 0 Å². The van der Waals surface area contributed by atoms with Gasteiger partial charge in [-0.25, -0.2) is 13.1 Å². The summed E-state index contributed by atoms with van der Waals surface area (Å²) in [7, 11) is -1.69. The molecule has 0 saturated carbocycles. The third-order valence-electron chi connectivity index (χ3n) is 2.31. The van der Waals surface area contributed by atoms with Crippen LogP contribution in [0.1, 0.15) is 26.7 Å². The van der Waals surface area contributed by atoms with E-state index in [4.69, 9.17) is 4.74 Å². The first kappa shape index (κ1) is 16.4. The van der Waals surface area contributed by atoms with Crippen molar-refractivity contribution in [1.82, 2.24) is 4.72 Å². The third-order valence-corrected chi connectivity index (χ3v) is 4.16. The molecular weight excluding hydrogens is 294 g/mol. The largest absolute Gasteiger partial charge is 0.384 e. The Morgan fingerprint density at radius 1 is 1.38 bits per heavy atom. The number of sulfonamides is 1. The minimum absolute atomic E-state index is 0.00604. The molecule has 0 fully saturated rings. The minimum Gasteiger partial charge on any atom is -0.384 e. The SMILES string of the molecule is COCCS(=O)(=O)NCC(C)(C)CCCBr. The molecule has 1 N–H and O–H groups in total. The van der Waals surface area contributed by atoms with E-state index in [1.807, 2.05) is 0 Å². The standard InChI is InChI=1S/C10H22BrNO3S/c1-10(2,5-4-6-11)9-12-16(13,14)8-7-15-3/h12H,4-9H2,1-3H3. The van der Waals surface area contributed by atoms with Gasteiger partial charge in [0.2, 0.25) is 10.0 Å². The first-order chi connectivity index (χ1) is 7.33. The van der Waals surface area contributed by atoms with Gasteiger partial charge in [0.1, 0.15) is 0 Å². The lowest BCUT2D eigenvalue weighted by Gasteiger charge is -2.24. The van der Waals surface area contributed by atoms with Gasteiger partial charge in [-0.2, -0.15) is 0 Å². The number of nitrogens with one attached hydrogen (secondary N) is 1. The third kappa shape index (κ3) is 8.50. The maximum Gasteiger partial charge on any atom is 0.213 e. The highest BCUT2D eigenvalue weighted by Crippen LogP contribution is 2.21. The molecule has 0 saturated heterocycles. The van der Waals surface area contributed by atoms with Crippen LogP contribution in [0.25, 0.3) is 0 Å². The van der Waals surface area contributed by atoms with Gasteiger partial charge in [-0.15, -0.1) is 0 Å². The second kappa shape index (κ2) is 7.63. The molecule has 0 atom stereocenters. The van der Waals surface area contributed by atoms with Crippen molar-refractivity contribution in [2.45, 2.75) is 26.7 Å². The average molecular weight is 316 g/mol. The fourth-order valence-electron chi connectivity index (χ4n) is 1.20. The van der Waals surface area contributed by atoms with Gasteiger partial charge < -0.3 is 4.74 Å². The minimum atomic E-state index is -3.19. The van der Waals surface area contributed by atoms with E-state index in [1.54, 1.807) is 0 Å². The summed E-state index contributed by atoms with van der Waals surface area (Å²) < 4.78 is 30.4. The van der Waals surface area contributed by atoms with Crippen molar-refractivity contribution in [3.63, 3.8) is 0 Å². The molecule has 0 amide bonds. The van der Waals surface area contributed by atoms with Crippen LogP contribution >= 0.6 is 15.9 Å². The Morgan fingerprint density at radius 3 is 2.50 bits per heavy atom. The Bertz CT molecular complexity index is 278. The number of halogens is 1. The van der Waals surface area contributed by atoms with E-state index in [9.17, 15) is 8.42 Å². The molecule has 98 valence electrons. The van der Waals surface area contributed by atoms with Gasteiger partial charge >= 0.3 is 0 Å². The summed E-state index contributed by atoms with van der Waals surface area (Å²) in [6.07, 6.45) is 2.04. The molecule has 0 aromatic rings. The molecule has 6 heteroatoms. The van der Waals surface area contributed by atoms with Gasteiger partial charge in [0.05, 0.1) is 12.4 Å². The lowest BCUT2D eigenvalue weighted by atomic mass is 9.88. The summed E-state index contributed by atoms with van der Waals surface area (Å²) in [5, 5.41) is 0.951. The van der Waals surface area contributed by atoms with Gasteiger partial charge in [-0.05, 0) is 18.3 Å². The highest BCUT2D eigenvalue weighted by Gasteiger charge is 2.20. The highest BCUT2D eigenvalue weighted by molar-refractivity contribution is 9.09. The topological polar surface area (TPSA) is 55.4 Å². The van der Waals surface area contributed by atoms with Gasteiger partial charge in [-0.1, -0.05) is 29.8 Å². The molecule has 0 aliphatic carbocycles. The van der Waals surface area contributed by atoms with Crippen LogP contribution in [-0.4, -0.2) is 39.8 Å². The first-order valence-corrected chi connectivity index (χ1v) is 8.12. The Labute approximate surface area is 107 Å². The first-order valence-electron chi connectivity index (χ1n) is 5.35. The summed E-state index contributed by atoms with van der Waals surface area (Å²) in [5.74, 6) is 0.0258. The molecule has 4 nitrogen and oxygen atoms in total. The number of hydrogen-bond acceptors (Lipinski definition) is 3. The summed E-state index contributed by atoms with van der Waals surface area (Å²) in [5.41, 5.74) is -0.00604. The summed E-state index contributed by atoms with van der Waals surface area (Å²) in [6.45, 7) is 4.84. The Hall–Kier alpha value is 0.350. The smallest absolute Gasteiger partial charge is 0.213 e. The lowest BCUT2D eigenvalue weighted by Crippen LogP contribution is -2.36. The molecular formula is C10H22BrNO3S. The normalized spacial score (nSPS) is 13.0. The number of alkyl halides is 1. The van der Waals surface area contributed by atoms with Crippen molar-refractivity contribution < 1.29 is 13.2 Å². The Balaban J connectivity index is 4.02. The molecule has 16 heavy (non-hydrogen) atoms. The molecule has 0 aliphatic rings. The van der Waals surface area contributed by atoms with E-state index in [0.717, 1.165) is 18.2 Å². The summed E-state index contributed by atoms with van der Waals surface area (Å²) in [4.78, 5) is 0. The number of hydrogen-bond donors (Lipinski definition) is 1. The van der Waals surface area contributed by atoms with Crippen molar-refractivity contribution in [1.29, 1.82) is 0 Å². The van der Waals surface area contributed by atoms with Crippen LogP contribution in [-0.2, 0) is 14.8 Å². The van der Waals surface area contributed by atoms with Crippen molar-refractivity contribution in [2.75, 3.05) is 31.3 Å². The number of methoxy groups -OCH3 is 1. The molecule has 0 spiro atoms. The van der Waals surface area contributed by atoms with Crippen LogP contribution in [0.3, 0.4) is 0 Å². The van der Waals surface area contributed by atoms with E-state index < -0.39 is 10.0 Å². The van der Waals surface area contributed by atoms with Crippen LogP contribution in [0, 0.1) is 5.41 Å². The summed E-state index contributed by atoms with van der Waals surface area (Å²) >= 11 is 3.37. The van der Waals surface area contributed by atoms with Gasteiger partial charge in [-0.3, -0.25) is 0 Å². The predicted octanol–water partition coefficient (Wildman–Crippen LogP) is 1.75. The molecule has 0 aromatic heterocycles. The second-order valence-electron chi connectivity index (χ2n) is 4.59. The molecule has 0 bridgehead atoms. The van der Waals surface area contributed by atoms with E-state index in [2.05, 4.69) is 34.5 Å². The van der Waals surface area contributed by atoms with Gasteiger partial charge in [0, 0.05) is 19.0 Å². The Kier molecular flexibility index (Phi) is 7.80. The van der Waals surface area contributed by atoms with Crippen LogP contribution in [0.5, 0.6) is 0 Å². The quantitative estimate of drug-likeness (QED) is 0.660. The number of ether oxygens (including phenoxy) is 1. The number of rotatable bonds is 9. The fraction of sp³-hybridized carbons (Fsp3) is 1.00. The highest BCUT2D eigenvalue weighted by atomic mass is 79.9. The molecule has 0 radical (unpaired) electrons. The van der Waals surface area contributed by atoms with Crippen LogP contribution in [0.2, 0.25) is 0 Å². The average Bonchev–Trinajstić information content (AvgIpc) is 2.22. The predicted molar refractivity (Wildman–Crippen MR) is 70.5 cm³/mol. The van der Waals surface area contributed by atoms with E-state index in [1.165, 1.54) is 7.11 Å².